The van der Waals surface area contributed by atoms with Crippen molar-refractivity contribution in [2.75, 3.05) is 0 Å². The zero-order chi connectivity index (χ0) is 30.3. The van der Waals surface area contributed by atoms with Crippen LogP contribution in [-0.4, -0.2) is 46.2 Å². The van der Waals surface area contributed by atoms with Gasteiger partial charge in [-0.3, -0.25) is 9.59 Å². The van der Waals surface area contributed by atoms with E-state index in [1.165, 1.54) is 44.9 Å². The Morgan fingerprint density at radius 2 is 1.44 bits per heavy atom. The summed E-state index contributed by atoms with van der Waals surface area (Å²) in [4.78, 5) is 37.6. The summed E-state index contributed by atoms with van der Waals surface area (Å²) in [6, 6.07) is -1.73. The van der Waals surface area contributed by atoms with E-state index in [0.717, 1.165) is 37.0 Å². The van der Waals surface area contributed by atoms with Crippen LogP contribution in [0.2, 0.25) is 0 Å². The molecule has 41 heavy (non-hydrogen) atoms. The van der Waals surface area contributed by atoms with Gasteiger partial charge >= 0.3 is 5.97 Å². The molecule has 4 N–H and O–H groups in total. The number of rotatable bonds is 10. The molecule has 4 aliphatic rings. The smallest absolute Gasteiger partial charge is 0.326 e. The number of hydrogen-bond donors (Lipinski definition) is 4. The van der Waals surface area contributed by atoms with E-state index >= 15 is 0 Å². The van der Waals surface area contributed by atoms with Crippen molar-refractivity contribution in [1.82, 2.24) is 10.6 Å². The largest absolute Gasteiger partial charge is 0.480 e. The number of aliphatic carboxylic acids is 1. The highest BCUT2D eigenvalue weighted by Gasteiger charge is 2.60. The van der Waals surface area contributed by atoms with Gasteiger partial charge in [0, 0.05) is 6.42 Å². The van der Waals surface area contributed by atoms with Crippen LogP contribution in [0.3, 0.4) is 0 Å². The SMILES string of the molecule is CC(C)[C@H](NC(=O)[C@@H](NC(=O)CC[C@@H](C)[C@H]1CC[C@H]2[C@@H]3CC[C@@H]4C[C@H](O)CC[C@]4(C)C3CC[C@]12C)C(C)C)C(=O)O. The quantitative estimate of drug-likeness (QED) is 0.264. The van der Waals surface area contributed by atoms with Crippen LogP contribution in [0.1, 0.15) is 119 Å². The lowest BCUT2D eigenvalue weighted by atomic mass is 9.44. The van der Waals surface area contributed by atoms with Crippen molar-refractivity contribution in [3.8, 4) is 0 Å². The van der Waals surface area contributed by atoms with Gasteiger partial charge in [-0.25, -0.2) is 4.79 Å². The van der Waals surface area contributed by atoms with Gasteiger partial charge in [0.25, 0.3) is 0 Å². The zero-order valence-electron chi connectivity index (χ0n) is 26.7. The average molecular weight is 575 g/mol. The van der Waals surface area contributed by atoms with Gasteiger partial charge in [0.2, 0.25) is 11.8 Å². The van der Waals surface area contributed by atoms with Gasteiger partial charge < -0.3 is 20.8 Å². The summed E-state index contributed by atoms with van der Waals surface area (Å²) >= 11 is 0. The summed E-state index contributed by atoms with van der Waals surface area (Å²) in [6.07, 6.45) is 12.0. The van der Waals surface area contributed by atoms with Gasteiger partial charge in [0.1, 0.15) is 12.1 Å². The van der Waals surface area contributed by atoms with Gasteiger partial charge in [-0.05, 0) is 122 Å². The molecule has 4 saturated carbocycles. The number of carbonyl (C=O) groups excluding carboxylic acids is 2. The van der Waals surface area contributed by atoms with E-state index in [4.69, 9.17) is 0 Å². The first-order valence-corrected chi connectivity index (χ1v) is 16.7. The van der Waals surface area contributed by atoms with Crippen LogP contribution in [-0.2, 0) is 14.4 Å². The normalized spacial score (nSPS) is 38.8. The highest BCUT2D eigenvalue weighted by molar-refractivity contribution is 5.90. The van der Waals surface area contributed by atoms with Crippen LogP contribution >= 0.6 is 0 Å². The van der Waals surface area contributed by atoms with E-state index in [-0.39, 0.29) is 23.8 Å². The minimum Gasteiger partial charge on any atom is -0.480 e. The molecule has 2 amide bonds. The zero-order valence-corrected chi connectivity index (χ0v) is 26.7. The molecular formula is C34H58N2O5. The first-order valence-electron chi connectivity index (χ1n) is 16.7. The number of carboxylic acid groups (broad SMARTS) is 1. The maximum Gasteiger partial charge on any atom is 0.326 e. The van der Waals surface area contributed by atoms with E-state index in [1.54, 1.807) is 13.8 Å². The Hall–Kier alpha value is -1.63. The Kier molecular flexibility index (Phi) is 9.87. The molecule has 0 spiro atoms. The van der Waals surface area contributed by atoms with E-state index < -0.39 is 24.0 Å². The maximum atomic E-state index is 13.1. The molecule has 0 heterocycles. The molecule has 0 aliphatic heterocycles. The highest BCUT2D eigenvalue weighted by atomic mass is 16.4. The van der Waals surface area contributed by atoms with Crippen molar-refractivity contribution in [3.05, 3.63) is 0 Å². The molecule has 4 rings (SSSR count). The third-order valence-electron chi connectivity index (χ3n) is 12.7. The summed E-state index contributed by atoms with van der Waals surface area (Å²) in [7, 11) is 0. The number of hydrogen-bond acceptors (Lipinski definition) is 4. The number of carbonyl (C=O) groups is 3. The van der Waals surface area contributed by atoms with Crippen LogP contribution in [0.4, 0.5) is 0 Å². The maximum absolute atomic E-state index is 13.1. The number of carboxylic acids is 1. The Balaban J connectivity index is 1.34. The van der Waals surface area contributed by atoms with Gasteiger partial charge in [-0.2, -0.15) is 0 Å². The molecule has 0 aromatic rings. The van der Waals surface area contributed by atoms with Crippen molar-refractivity contribution < 1.29 is 24.6 Å². The Morgan fingerprint density at radius 1 is 0.805 bits per heavy atom. The lowest BCUT2D eigenvalue weighted by Gasteiger charge is -2.61. The third kappa shape index (κ3) is 6.35. The molecule has 234 valence electrons. The topological polar surface area (TPSA) is 116 Å². The molecule has 0 aromatic heterocycles. The average Bonchev–Trinajstić information content (AvgIpc) is 3.26. The van der Waals surface area contributed by atoms with Crippen molar-refractivity contribution in [2.24, 2.45) is 58.2 Å². The number of nitrogens with one attached hydrogen (secondary N) is 2. The van der Waals surface area contributed by atoms with Crippen molar-refractivity contribution in [2.45, 2.75) is 137 Å². The third-order valence-corrected chi connectivity index (χ3v) is 12.7. The van der Waals surface area contributed by atoms with Crippen LogP contribution in [0.5, 0.6) is 0 Å². The van der Waals surface area contributed by atoms with Crippen LogP contribution in [0, 0.1) is 58.2 Å². The Bertz CT molecular complexity index is 967. The summed E-state index contributed by atoms with van der Waals surface area (Å²) in [5.41, 5.74) is 0.724. The number of aliphatic hydroxyl groups is 1. The van der Waals surface area contributed by atoms with Crippen molar-refractivity contribution in [3.63, 3.8) is 0 Å². The molecule has 7 nitrogen and oxygen atoms in total. The molecule has 4 aliphatic carbocycles. The van der Waals surface area contributed by atoms with Crippen LogP contribution < -0.4 is 10.6 Å². The molecule has 0 aromatic carbocycles. The molecule has 0 radical (unpaired) electrons. The predicted molar refractivity (Wildman–Crippen MR) is 161 cm³/mol. The van der Waals surface area contributed by atoms with E-state index in [2.05, 4.69) is 31.4 Å². The fourth-order valence-electron chi connectivity index (χ4n) is 10.3. The minimum atomic E-state index is -1.06. The molecule has 4 fully saturated rings. The molecule has 7 heteroatoms. The molecule has 11 atom stereocenters. The Labute approximate surface area is 248 Å². The van der Waals surface area contributed by atoms with Gasteiger partial charge in [-0.1, -0.05) is 48.5 Å². The predicted octanol–water partition coefficient (Wildman–Crippen LogP) is 5.79. The van der Waals surface area contributed by atoms with E-state index in [9.17, 15) is 24.6 Å². The second-order valence-electron chi connectivity index (χ2n) is 15.7. The first kappa shape index (κ1) is 32.3. The van der Waals surface area contributed by atoms with E-state index in [0.29, 0.717) is 35.0 Å². The summed E-state index contributed by atoms with van der Waals surface area (Å²) in [6.45, 7) is 14.7. The summed E-state index contributed by atoms with van der Waals surface area (Å²) in [5, 5.41) is 25.4. The van der Waals surface area contributed by atoms with Gasteiger partial charge in [0.05, 0.1) is 6.10 Å². The number of aliphatic hydroxyl groups excluding tert-OH is 1. The van der Waals surface area contributed by atoms with Crippen LogP contribution in [0.15, 0.2) is 0 Å². The lowest BCUT2D eigenvalue weighted by molar-refractivity contribution is -0.143. The summed E-state index contributed by atoms with van der Waals surface area (Å²) < 4.78 is 0. The second-order valence-corrected chi connectivity index (χ2v) is 15.7. The highest BCUT2D eigenvalue weighted by Crippen LogP contribution is 2.68. The Morgan fingerprint density at radius 3 is 2.07 bits per heavy atom. The minimum absolute atomic E-state index is 0.0979. The fraction of sp³-hybridized carbons (Fsp3) is 0.912. The standard InChI is InChI=1S/C34H58N2O5/c1-19(2)29(31(39)36-30(20(3)4)32(40)41)35-28(38)13-8-21(5)25-11-12-26-24-10-9-22-18-23(37)14-16-33(22,6)27(24)15-17-34(25,26)7/h19-27,29-30,37H,8-18H2,1-7H3,(H,35,38)(H,36,39)(H,40,41)/t21-,22-,23-,24+,25-,26+,27?,29+,30+,33+,34-/m1/s1. The van der Waals surface area contributed by atoms with Gasteiger partial charge in [0.15, 0.2) is 0 Å². The van der Waals surface area contributed by atoms with Crippen molar-refractivity contribution >= 4 is 17.8 Å². The fourth-order valence-corrected chi connectivity index (χ4v) is 10.3. The first-order chi connectivity index (χ1) is 19.2. The van der Waals surface area contributed by atoms with Crippen LogP contribution in [0.25, 0.3) is 0 Å². The lowest BCUT2D eigenvalue weighted by Crippen LogP contribution is -2.55. The van der Waals surface area contributed by atoms with Crippen molar-refractivity contribution in [1.29, 1.82) is 0 Å². The molecule has 0 saturated heterocycles. The monoisotopic (exact) mass is 574 g/mol. The number of fused-ring (bicyclic) bond motifs is 5. The number of amides is 2. The molecular weight excluding hydrogens is 516 g/mol. The second kappa shape index (κ2) is 12.5. The molecule has 0 bridgehead atoms. The van der Waals surface area contributed by atoms with E-state index in [1.807, 2.05) is 13.8 Å². The van der Waals surface area contributed by atoms with Gasteiger partial charge in [-0.15, -0.1) is 0 Å². The summed E-state index contributed by atoms with van der Waals surface area (Å²) in [5.74, 6) is 2.09. The molecule has 1 unspecified atom stereocenters.